The van der Waals surface area contributed by atoms with E-state index in [2.05, 4.69) is 23.8 Å². The van der Waals surface area contributed by atoms with Gasteiger partial charge in [0.1, 0.15) is 11.6 Å². The molecule has 3 aromatic rings. The number of hydrogen-bond acceptors (Lipinski definition) is 5. The maximum Gasteiger partial charge on any atom is 0.347 e. The van der Waals surface area contributed by atoms with Gasteiger partial charge in [0.25, 0.3) is 0 Å². The van der Waals surface area contributed by atoms with Gasteiger partial charge in [-0.2, -0.15) is 0 Å². The van der Waals surface area contributed by atoms with E-state index in [4.69, 9.17) is 9.47 Å². The molecule has 6 heteroatoms. The second-order valence-corrected chi connectivity index (χ2v) is 7.54. The lowest BCUT2D eigenvalue weighted by atomic mass is 10.1. The third-order valence-electron chi connectivity index (χ3n) is 5.00. The first-order chi connectivity index (χ1) is 15.0. The summed E-state index contributed by atoms with van der Waals surface area (Å²) in [5.74, 6) is -0.0843. The van der Waals surface area contributed by atoms with Crippen molar-refractivity contribution in [2.75, 3.05) is 6.61 Å². The number of aromatic nitrogens is 2. The quantitative estimate of drug-likeness (QED) is 0.403. The van der Waals surface area contributed by atoms with Crippen LogP contribution in [0.1, 0.15) is 49.5 Å². The Bertz CT molecular complexity index is 1000. The molecule has 1 aromatic heterocycles. The predicted molar refractivity (Wildman–Crippen MR) is 118 cm³/mol. The van der Waals surface area contributed by atoms with Crippen LogP contribution in [0.2, 0.25) is 0 Å². The maximum atomic E-state index is 14.2. The van der Waals surface area contributed by atoms with Crippen molar-refractivity contribution in [3.05, 3.63) is 71.8 Å². The van der Waals surface area contributed by atoms with E-state index in [1.165, 1.54) is 24.5 Å². The minimum absolute atomic E-state index is 0.0132. The minimum atomic E-state index is -0.801. The zero-order valence-corrected chi connectivity index (χ0v) is 18.1. The number of ether oxygens (including phenoxy) is 2. The molecule has 0 saturated heterocycles. The normalized spacial score (nSPS) is 11.7. The van der Waals surface area contributed by atoms with Gasteiger partial charge in [-0.1, -0.05) is 39.7 Å². The second kappa shape index (κ2) is 10.7. The molecule has 0 fully saturated rings. The van der Waals surface area contributed by atoms with Gasteiger partial charge in [-0.25, -0.2) is 19.2 Å². The molecular formula is C25H27FN2O3. The van der Waals surface area contributed by atoms with Gasteiger partial charge in [0.15, 0.2) is 0 Å². The monoisotopic (exact) mass is 422 g/mol. The van der Waals surface area contributed by atoms with Crippen LogP contribution in [0.4, 0.5) is 4.39 Å². The molecule has 0 N–H and O–H groups in total. The molecule has 3 rings (SSSR count). The number of hydrogen-bond donors (Lipinski definition) is 0. The fraction of sp³-hybridized carbons (Fsp3) is 0.320. The molecule has 1 unspecified atom stereocenters. The number of esters is 1. The SMILES string of the molecule is CCCc1ccc(C(=O)Oc2cnc(-c3ccc(OCC(C)CC)cc3)cn2)c(F)c1. The zero-order chi connectivity index (χ0) is 22.2. The Labute approximate surface area is 182 Å². The lowest BCUT2D eigenvalue weighted by molar-refractivity contribution is 0.0722. The summed E-state index contributed by atoms with van der Waals surface area (Å²) in [6, 6.07) is 12.1. The Kier molecular flexibility index (Phi) is 7.70. The average Bonchev–Trinajstić information content (AvgIpc) is 2.78. The van der Waals surface area contributed by atoms with Crippen molar-refractivity contribution in [2.24, 2.45) is 5.92 Å². The van der Waals surface area contributed by atoms with Crippen LogP contribution in [0.15, 0.2) is 54.9 Å². The van der Waals surface area contributed by atoms with Crippen molar-refractivity contribution in [1.29, 1.82) is 0 Å². The molecule has 162 valence electrons. The zero-order valence-electron chi connectivity index (χ0n) is 18.1. The average molecular weight is 423 g/mol. The highest BCUT2D eigenvalue weighted by Gasteiger charge is 2.15. The van der Waals surface area contributed by atoms with Gasteiger partial charge in [-0.15, -0.1) is 0 Å². The number of halogens is 1. The molecule has 5 nitrogen and oxygen atoms in total. The van der Waals surface area contributed by atoms with Gasteiger partial charge in [-0.05, 0) is 54.3 Å². The number of nitrogens with zero attached hydrogens (tertiary/aromatic N) is 2. The lowest BCUT2D eigenvalue weighted by Crippen LogP contribution is -2.12. The van der Waals surface area contributed by atoms with Crippen LogP contribution < -0.4 is 9.47 Å². The van der Waals surface area contributed by atoms with Crippen molar-refractivity contribution in [3.8, 4) is 22.9 Å². The largest absolute Gasteiger partial charge is 0.493 e. The minimum Gasteiger partial charge on any atom is -0.493 e. The first-order valence-electron chi connectivity index (χ1n) is 10.6. The number of rotatable bonds is 9. The van der Waals surface area contributed by atoms with E-state index in [-0.39, 0.29) is 11.4 Å². The maximum absolute atomic E-state index is 14.2. The summed E-state index contributed by atoms with van der Waals surface area (Å²) in [4.78, 5) is 20.7. The molecule has 0 bridgehead atoms. The van der Waals surface area contributed by atoms with E-state index in [9.17, 15) is 9.18 Å². The summed E-state index contributed by atoms with van der Waals surface area (Å²) in [5.41, 5.74) is 2.21. The van der Waals surface area contributed by atoms with E-state index < -0.39 is 11.8 Å². The van der Waals surface area contributed by atoms with E-state index in [1.807, 2.05) is 31.2 Å². The van der Waals surface area contributed by atoms with Crippen molar-refractivity contribution in [3.63, 3.8) is 0 Å². The number of carbonyl (C=O) groups is 1. The predicted octanol–water partition coefficient (Wildman–Crippen LogP) is 5.88. The van der Waals surface area contributed by atoms with E-state index in [1.54, 1.807) is 6.07 Å². The fourth-order valence-electron chi connectivity index (χ4n) is 2.91. The lowest BCUT2D eigenvalue weighted by Gasteiger charge is -2.11. The summed E-state index contributed by atoms with van der Waals surface area (Å²) in [6.07, 6.45) is 5.59. The van der Waals surface area contributed by atoms with Crippen LogP contribution in [0.25, 0.3) is 11.3 Å². The second-order valence-electron chi connectivity index (χ2n) is 7.54. The number of aryl methyl sites for hydroxylation is 1. The van der Waals surface area contributed by atoms with Gasteiger partial charge < -0.3 is 9.47 Å². The van der Waals surface area contributed by atoms with Gasteiger partial charge in [0.05, 0.1) is 30.3 Å². The van der Waals surface area contributed by atoms with E-state index in [0.717, 1.165) is 36.1 Å². The summed E-state index contributed by atoms with van der Waals surface area (Å²) in [6.45, 7) is 6.97. The number of benzene rings is 2. The smallest absolute Gasteiger partial charge is 0.347 e. The van der Waals surface area contributed by atoms with Crippen molar-refractivity contribution in [2.45, 2.75) is 40.0 Å². The van der Waals surface area contributed by atoms with Gasteiger partial charge in [0.2, 0.25) is 5.88 Å². The van der Waals surface area contributed by atoms with Crippen LogP contribution in [-0.4, -0.2) is 22.5 Å². The highest BCUT2D eigenvalue weighted by molar-refractivity contribution is 5.91. The first-order valence-corrected chi connectivity index (χ1v) is 10.6. The number of carbonyl (C=O) groups excluding carboxylic acids is 1. The fourth-order valence-corrected chi connectivity index (χ4v) is 2.91. The van der Waals surface area contributed by atoms with Crippen LogP contribution in [0, 0.1) is 11.7 Å². The molecule has 0 radical (unpaired) electrons. The molecule has 0 aliphatic heterocycles. The Balaban J connectivity index is 1.63. The standard InChI is InChI=1S/C25H27FN2O3/c1-4-6-18-7-12-21(22(26)13-18)25(29)31-24-15-27-23(14-28-24)19-8-10-20(11-9-19)30-16-17(3)5-2/h7-15,17H,4-6,16H2,1-3H3. The summed E-state index contributed by atoms with van der Waals surface area (Å²) < 4.78 is 25.2. The molecule has 0 aliphatic carbocycles. The molecule has 2 aromatic carbocycles. The van der Waals surface area contributed by atoms with Crippen molar-refractivity contribution >= 4 is 5.97 Å². The van der Waals surface area contributed by atoms with Crippen LogP contribution >= 0.6 is 0 Å². The first kappa shape index (κ1) is 22.4. The molecule has 1 atom stereocenters. The van der Waals surface area contributed by atoms with Crippen molar-refractivity contribution in [1.82, 2.24) is 9.97 Å². The topological polar surface area (TPSA) is 61.3 Å². The van der Waals surface area contributed by atoms with Crippen LogP contribution in [-0.2, 0) is 6.42 Å². The van der Waals surface area contributed by atoms with Crippen molar-refractivity contribution < 1.29 is 18.7 Å². The van der Waals surface area contributed by atoms with E-state index >= 15 is 0 Å². The molecule has 31 heavy (non-hydrogen) atoms. The highest BCUT2D eigenvalue weighted by atomic mass is 19.1. The molecule has 1 heterocycles. The molecular weight excluding hydrogens is 395 g/mol. The molecule has 0 aliphatic rings. The summed E-state index contributed by atoms with van der Waals surface area (Å²) >= 11 is 0. The molecule has 0 saturated carbocycles. The molecule has 0 amide bonds. The highest BCUT2D eigenvalue weighted by Crippen LogP contribution is 2.22. The third kappa shape index (κ3) is 6.10. The Morgan fingerprint density at radius 3 is 2.45 bits per heavy atom. The van der Waals surface area contributed by atoms with Crippen LogP contribution in [0.5, 0.6) is 11.6 Å². The Morgan fingerprint density at radius 2 is 1.84 bits per heavy atom. The third-order valence-corrected chi connectivity index (χ3v) is 5.00. The Hall–Kier alpha value is -3.28. The van der Waals surface area contributed by atoms with E-state index in [0.29, 0.717) is 18.2 Å². The Morgan fingerprint density at radius 1 is 1.06 bits per heavy atom. The summed E-state index contributed by atoms with van der Waals surface area (Å²) in [5, 5.41) is 0. The molecule has 0 spiro atoms. The van der Waals surface area contributed by atoms with Gasteiger partial charge in [0, 0.05) is 5.56 Å². The van der Waals surface area contributed by atoms with Gasteiger partial charge in [-0.3, -0.25) is 0 Å². The summed E-state index contributed by atoms with van der Waals surface area (Å²) in [7, 11) is 0. The van der Waals surface area contributed by atoms with Gasteiger partial charge >= 0.3 is 5.97 Å². The van der Waals surface area contributed by atoms with Crippen LogP contribution in [0.3, 0.4) is 0 Å².